The average molecular weight is 261 g/mol. The Morgan fingerprint density at radius 1 is 1.37 bits per heavy atom. The number of nitrogens with zero attached hydrogens (tertiary/aromatic N) is 3. The minimum atomic E-state index is 0.0339. The van der Waals surface area contributed by atoms with Gasteiger partial charge in [0.05, 0.1) is 17.9 Å². The van der Waals surface area contributed by atoms with Gasteiger partial charge in [-0.2, -0.15) is 4.98 Å². The predicted molar refractivity (Wildman–Crippen MR) is 66.5 cm³/mol. The van der Waals surface area contributed by atoms with E-state index in [1.54, 1.807) is 12.3 Å². The zero-order chi connectivity index (χ0) is 13.1. The van der Waals surface area contributed by atoms with Crippen LogP contribution in [-0.4, -0.2) is 32.9 Å². The number of rotatable bonds is 3. The summed E-state index contributed by atoms with van der Waals surface area (Å²) in [5.41, 5.74) is 0.498. The Labute approximate surface area is 110 Å². The van der Waals surface area contributed by atoms with E-state index in [1.165, 1.54) is 12.6 Å². The molecule has 2 aromatic heterocycles. The normalized spacial score (nSPS) is 19.5. The van der Waals surface area contributed by atoms with Crippen molar-refractivity contribution in [2.45, 2.75) is 31.8 Å². The van der Waals surface area contributed by atoms with Crippen LogP contribution in [0.2, 0.25) is 0 Å². The first-order valence-corrected chi connectivity index (χ1v) is 6.40. The van der Waals surface area contributed by atoms with Gasteiger partial charge in [-0.1, -0.05) is 5.16 Å². The van der Waals surface area contributed by atoms with E-state index in [4.69, 9.17) is 9.26 Å². The lowest BCUT2D eigenvalue weighted by Gasteiger charge is -2.20. The molecule has 0 amide bonds. The third-order valence-electron chi connectivity index (χ3n) is 3.18. The highest BCUT2D eigenvalue weighted by Crippen LogP contribution is 2.26. The van der Waals surface area contributed by atoms with Crippen molar-refractivity contribution in [2.75, 3.05) is 6.61 Å². The third kappa shape index (κ3) is 2.73. The summed E-state index contributed by atoms with van der Waals surface area (Å²) in [7, 11) is 0. The Hall–Kier alpha value is -1.95. The maximum Gasteiger partial charge on any atom is 0.261 e. The Balaban J connectivity index is 1.74. The summed E-state index contributed by atoms with van der Waals surface area (Å²) in [4.78, 5) is 8.10. The number of aromatic nitrogens is 3. The van der Waals surface area contributed by atoms with Crippen LogP contribution in [-0.2, 0) is 11.2 Å². The fraction of sp³-hybridized carbons (Fsp3) is 0.462. The molecule has 19 heavy (non-hydrogen) atoms. The van der Waals surface area contributed by atoms with Crippen LogP contribution < -0.4 is 0 Å². The fourth-order valence-corrected chi connectivity index (χ4v) is 2.19. The topological polar surface area (TPSA) is 81.3 Å². The molecule has 0 radical (unpaired) electrons. The van der Waals surface area contributed by atoms with Crippen LogP contribution in [0.5, 0.6) is 5.75 Å². The van der Waals surface area contributed by atoms with Crippen LogP contribution in [0.15, 0.2) is 23.0 Å². The van der Waals surface area contributed by atoms with Crippen molar-refractivity contribution in [3.8, 4) is 17.2 Å². The Kier molecular flexibility index (Phi) is 3.41. The van der Waals surface area contributed by atoms with Crippen LogP contribution in [0, 0.1) is 0 Å². The van der Waals surface area contributed by atoms with E-state index >= 15 is 0 Å². The van der Waals surface area contributed by atoms with Gasteiger partial charge in [-0.05, 0) is 25.3 Å². The monoisotopic (exact) mass is 261 g/mol. The lowest BCUT2D eigenvalue weighted by molar-refractivity contribution is 0.0153. The Morgan fingerprint density at radius 2 is 2.32 bits per heavy atom. The molecule has 1 saturated heterocycles. The highest BCUT2D eigenvalue weighted by molar-refractivity contribution is 5.60. The van der Waals surface area contributed by atoms with E-state index in [9.17, 15) is 5.11 Å². The molecule has 1 atom stereocenters. The molecule has 0 bridgehead atoms. The molecule has 0 spiro atoms. The first-order chi connectivity index (χ1) is 9.33. The van der Waals surface area contributed by atoms with Gasteiger partial charge >= 0.3 is 0 Å². The highest BCUT2D eigenvalue weighted by atomic mass is 16.5. The van der Waals surface area contributed by atoms with Crippen LogP contribution in [0.4, 0.5) is 0 Å². The van der Waals surface area contributed by atoms with Gasteiger partial charge < -0.3 is 14.4 Å². The molecule has 2 aromatic rings. The van der Waals surface area contributed by atoms with Gasteiger partial charge in [-0.3, -0.25) is 4.98 Å². The van der Waals surface area contributed by atoms with Gasteiger partial charge in [0.1, 0.15) is 5.75 Å². The summed E-state index contributed by atoms with van der Waals surface area (Å²) >= 11 is 0. The van der Waals surface area contributed by atoms with E-state index in [-0.39, 0.29) is 11.9 Å². The molecule has 3 heterocycles. The minimum absolute atomic E-state index is 0.0339. The molecular weight excluding hydrogens is 246 g/mol. The van der Waals surface area contributed by atoms with Gasteiger partial charge in [0.2, 0.25) is 0 Å². The Bertz CT molecular complexity index is 550. The molecule has 100 valence electrons. The predicted octanol–water partition coefficient (Wildman–Crippen LogP) is 1.95. The molecule has 1 unspecified atom stereocenters. The summed E-state index contributed by atoms with van der Waals surface area (Å²) in [6.07, 6.45) is 7.08. The summed E-state index contributed by atoms with van der Waals surface area (Å²) < 4.78 is 10.8. The number of hydrogen-bond acceptors (Lipinski definition) is 6. The quantitative estimate of drug-likeness (QED) is 0.909. The van der Waals surface area contributed by atoms with Crippen molar-refractivity contribution in [3.63, 3.8) is 0 Å². The molecule has 1 aliphatic heterocycles. The molecular formula is C13H15N3O3. The van der Waals surface area contributed by atoms with Gasteiger partial charge in [0, 0.05) is 19.2 Å². The smallest absolute Gasteiger partial charge is 0.261 e. The molecule has 0 aromatic carbocycles. The summed E-state index contributed by atoms with van der Waals surface area (Å²) in [5.74, 6) is 0.954. The molecule has 1 aliphatic rings. The van der Waals surface area contributed by atoms with E-state index < -0.39 is 0 Å². The zero-order valence-corrected chi connectivity index (χ0v) is 10.5. The highest BCUT2D eigenvalue weighted by Gasteiger charge is 2.19. The van der Waals surface area contributed by atoms with Crippen molar-refractivity contribution >= 4 is 0 Å². The van der Waals surface area contributed by atoms with Gasteiger partial charge in [0.15, 0.2) is 5.82 Å². The maximum atomic E-state index is 9.68. The second-order valence-corrected chi connectivity index (χ2v) is 4.60. The number of hydrogen-bond donors (Lipinski definition) is 1. The second-order valence-electron chi connectivity index (χ2n) is 4.60. The van der Waals surface area contributed by atoms with Crippen LogP contribution in [0.3, 0.4) is 0 Å². The SMILES string of the molecule is Oc1cnccc1-c1nc(CC2CCCCO2)no1. The minimum Gasteiger partial charge on any atom is -0.505 e. The van der Waals surface area contributed by atoms with Crippen molar-refractivity contribution in [3.05, 3.63) is 24.3 Å². The van der Waals surface area contributed by atoms with Crippen molar-refractivity contribution in [1.82, 2.24) is 15.1 Å². The molecule has 6 nitrogen and oxygen atoms in total. The van der Waals surface area contributed by atoms with E-state index in [1.807, 2.05) is 0 Å². The molecule has 1 N–H and O–H groups in total. The number of aromatic hydroxyl groups is 1. The van der Waals surface area contributed by atoms with Gasteiger partial charge in [-0.15, -0.1) is 0 Å². The van der Waals surface area contributed by atoms with Crippen LogP contribution in [0.25, 0.3) is 11.5 Å². The van der Waals surface area contributed by atoms with Crippen molar-refractivity contribution in [1.29, 1.82) is 0 Å². The zero-order valence-electron chi connectivity index (χ0n) is 10.5. The van der Waals surface area contributed by atoms with Gasteiger partial charge in [-0.25, -0.2) is 0 Å². The average Bonchev–Trinajstić information content (AvgIpc) is 2.89. The molecule has 0 saturated carbocycles. The fourth-order valence-electron chi connectivity index (χ4n) is 2.19. The standard InChI is InChI=1S/C13H15N3O3/c17-11-8-14-5-4-10(11)13-15-12(16-19-13)7-9-3-1-2-6-18-9/h4-5,8-9,17H,1-3,6-7H2. The van der Waals surface area contributed by atoms with E-state index in [0.29, 0.717) is 23.7 Å². The number of ether oxygens (including phenoxy) is 1. The maximum absolute atomic E-state index is 9.68. The van der Waals surface area contributed by atoms with Crippen molar-refractivity contribution in [2.24, 2.45) is 0 Å². The van der Waals surface area contributed by atoms with E-state index in [0.717, 1.165) is 19.4 Å². The second kappa shape index (κ2) is 5.36. The van der Waals surface area contributed by atoms with E-state index in [2.05, 4.69) is 15.1 Å². The molecule has 1 fully saturated rings. The van der Waals surface area contributed by atoms with Gasteiger partial charge in [0.25, 0.3) is 5.89 Å². The third-order valence-corrected chi connectivity index (χ3v) is 3.18. The summed E-state index contributed by atoms with van der Waals surface area (Å²) in [6, 6.07) is 1.64. The largest absolute Gasteiger partial charge is 0.505 e. The number of pyridine rings is 1. The molecule has 3 rings (SSSR count). The van der Waals surface area contributed by atoms with Crippen LogP contribution in [0.1, 0.15) is 25.1 Å². The summed E-state index contributed by atoms with van der Waals surface area (Å²) in [6.45, 7) is 0.806. The molecule has 0 aliphatic carbocycles. The lowest BCUT2D eigenvalue weighted by atomic mass is 10.1. The first-order valence-electron chi connectivity index (χ1n) is 6.40. The lowest BCUT2D eigenvalue weighted by Crippen LogP contribution is -2.21. The van der Waals surface area contributed by atoms with Crippen LogP contribution >= 0.6 is 0 Å². The Morgan fingerprint density at radius 3 is 3.11 bits per heavy atom. The summed E-state index contributed by atoms with van der Waals surface area (Å²) in [5, 5.41) is 13.6. The van der Waals surface area contributed by atoms with Crippen molar-refractivity contribution < 1.29 is 14.4 Å². The molecule has 6 heteroatoms. The first kappa shape index (κ1) is 12.1.